The predicted octanol–water partition coefficient (Wildman–Crippen LogP) is 2.22. The Hall–Kier alpha value is -2.90. The summed E-state index contributed by atoms with van der Waals surface area (Å²) >= 11 is 0. The van der Waals surface area contributed by atoms with Gasteiger partial charge in [-0.2, -0.15) is 0 Å². The number of hydrogen-bond acceptors (Lipinski definition) is 5. The Morgan fingerprint density at radius 2 is 1.95 bits per heavy atom. The van der Waals surface area contributed by atoms with Crippen LogP contribution in [0.4, 0.5) is 8.78 Å². The Morgan fingerprint density at radius 3 is 2.68 bits per heavy atom. The average Bonchev–Trinajstić information content (AvgIpc) is 2.95. The van der Waals surface area contributed by atoms with Crippen molar-refractivity contribution in [1.29, 1.82) is 0 Å². The van der Waals surface area contributed by atoms with Gasteiger partial charge in [0.1, 0.15) is 23.8 Å². The molecule has 8 heteroatoms. The fraction of sp³-hybridized carbons (Fsp3) is 0.143. The molecule has 0 saturated heterocycles. The molecule has 0 aliphatic heterocycles. The van der Waals surface area contributed by atoms with E-state index in [-0.39, 0.29) is 18.3 Å². The molecule has 0 bridgehead atoms. The van der Waals surface area contributed by atoms with E-state index < -0.39 is 11.6 Å². The third kappa shape index (κ3) is 3.05. The highest BCUT2D eigenvalue weighted by molar-refractivity contribution is 5.32. The van der Waals surface area contributed by atoms with Crippen LogP contribution in [0.1, 0.15) is 11.3 Å². The molecule has 2 heterocycles. The Morgan fingerprint density at radius 1 is 1.18 bits per heavy atom. The summed E-state index contributed by atoms with van der Waals surface area (Å²) in [6, 6.07) is 3.43. The van der Waals surface area contributed by atoms with Gasteiger partial charge in [0.2, 0.25) is 0 Å². The zero-order chi connectivity index (χ0) is 15.5. The number of aromatic nitrogens is 5. The Labute approximate surface area is 124 Å². The Kier molecular flexibility index (Phi) is 3.73. The lowest BCUT2D eigenvalue weighted by Gasteiger charge is -2.02. The fourth-order valence-electron chi connectivity index (χ4n) is 1.74. The smallest absolute Gasteiger partial charge is 0.316 e. The van der Waals surface area contributed by atoms with Crippen molar-refractivity contribution in [3.63, 3.8) is 0 Å². The largest absolute Gasteiger partial charge is 0.457 e. The minimum absolute atomic E-state index is 0.0892. The minimum atomic E-state index is -0.723. The van der Waals surface area contributed by atoms with Crippen LogP contribution in [-0.2, 0) is 6.61 Å². The molecule has 3 aromatic rings. The first-order valence-electron chi connectivity index (χ1n) is 6.40. The van der Waals surface area contributed by atoms with E-state index in [1.807, 2.05) is 6.92 Å². The molecule has 1 aromatic carbocycles. The van der Waals surface area contributed by atoms with Gasteiger partial charge in [-0.3, -0.25) is 0 Å². The number of hydrogen-bond donors (Lipinski definition) is 0. The monoisotopic (exact) mass is 303 g/mol. The van der Waals surface area contributed by atoms with Crippen molar-refractivity contribution < 1.29 is 13.5 Å². The summed E-state index contributed by atoms with van der Waals surface area (Å²) in [5.41, 5.74) is 1.49. The Bertz CT molecular complexity index is 788. The van der Waals surface area contributed by atoms with Crippen LogP contribution in [0, 0.1) is 18.6 Å². The van der Waals surface area contributed by atoms with Gasteiger partial charge in [0.15, 0.2) is 5.82 Å². The van der Waals surface area contributed by atoms with Crippen LogP contribution in [0.25, 0.3) is 5.69 Å². The van der Waals surface area contributed by atoms with Crippen molar-refractivity contribution in [2.75, 3.05) is 0 Å². The van der Waals surface area contributed by atoms with Crippen LogP contribution >= 0.6 is 0 Å². The van der Waals surface area contributed by atoms with Gasteiger partial charge in [-0.1, -0.05) is 5.21 Å². The van der Waals surface area contributed by atoms with E-state index in [0.717, 1.165) is 17.7 Å². The summed E-state index contributed by atoms with van der Waals surface area (Å²) in [7, 11) is 0. The normalized spacial score (nSPS) is 10.7. The van der Waals surface area contributed by atoms with E-state index in [0.29, 0.717) is 5.69 Å². The van der Waals surface area contributed by atoms with E-state index in [4.69, 9.17) is 4.74 Å². The number of benzene rings is 1. The number of ether oxygens (including phenoxy) is 1. The second kappa shape index (κ2) is 5.84. The summed E-state index contributed by atoms with van der Waals surface area (Å²) in [5, 5.41) is 7.65. The predicted molar refractivity (Wildman–Crippen MR) is 72.4 cm³/mol. The zero-order valence-electron chi connectivity index (χ0n) is 11.6. The summed E-state index contributed by atoms with van der Waals surface area (Å²) < 4.78 is 33.1. The summed E-state index contributed by atoms with van der Waals surface area (Å²) in [5.74, 6) is -1.37. The molecule has 2 aromatic heterocycles. The van der Waals surface area contributed by atoms with Crippen molar-refractivity contribution >= 4 is 0 Å². The number of rotatable bonds is 4. The number of aryl methyl sites for hydroxylation is 1. The lowest BCUT2D eigenvalue weighted by Crippen LogP contribution is -2.00. The van der Waals surface area contributed by atoms with Crippen molar-refractivity contribution in [3.8, 4) is 11.7 Å². The van der Waals surface area contributed by atoms with Gasteiger partial charge < -0.3 is 4.74 Å². The van der Waals surface area contributed by atoms with Crippen molar-refractivity contribution in [2.45, 2.75) is 13.5 Å². The first kappa shape index (κ1) is 14.1. The molecule has 0 unspecified atom stereocenters. The lowest BCUT2D eigenvalue weighted by molar-refractivity contribution is 0.276. The van der Waals surface area contributed by atoms with Crippen LogP contribution < -0.4 is 4.74 Å². The zero-order valence-corrected chi connectivity index (χ0v) is 11.6. The van der Waals surface area contributed by atoms with Crippen LogP contribution in [0.2, 0.25) is 0 Å². The van der Waals surface area contributed by atoms with Crippen LogP contribution in [0.15, 0.2) is 36.8 Å². The summed E-state index contributed by atoms with van der Waals surface area (Å²) in [6.07, 6.45) is 4.75. The first-order valence-corrected chi connectivity index (χ1v) is 6.40. The topological polar surface area (TPSA) is 65.7 Å². The molecule has 0 amide bonds. The van der Waals surface area contributed by atoms with E-state index in [9.17, 15) is 8.78 Å². The van der Waals surface area contributed by atoms with Crippen molar-refractivity contribution in [2.24, 2.45) is 0 Å². The maximum Gasteiger partial charge on any atom is 0.316 e. The van der Waals surface area contributed by atoms with E-state index in [1.54, 1.807) is 12.4 Å². The van der Waals surface area contributed by atoms with E-state index in [2.05, 4.69) is 20.3 Å². The quantitative estimate of drug-likeness (QED) is 0.739. The molecular formula is C14H11F2N5O. The van der Waals surface area contributed by atoms with Crippen LogP contribution in [-0.4, -0.2) is 25.0 Å². The number of nitrogens with zero attached hydrogens (tertiary/aromatic N) is 5. The van der Waals surface area contributed by atoms with Crippen molar-refractivity contribution in [3.05, 3.63) is 59.7 Å². The Balaban J connectivity index is 1.72. The molecule has 0 aliphatic rings. The molecule has 0 spiro atoms. The molecule has 22 heavy (non-hydrogen) atoms. The molecule has 0 fully saturated rings. The van der Waals surface area contributed by atoms with Crippen molar-refractivity contribution in [1.82, 2.24) is 25.0 Å². The highest BCUT2D eigenvalue weighted by atomic mass is 19.1. The number of halogens is 2. The third-order valence-electron chi connectivity index (χ3n) is 2.80. The van der Waals surface area contributed by atoms with E-state index in [1.165, 1.54) is 16.9 Å². The minimum Gasteiger partial charge on any atom is -0.457 e. The highest BCUT2D eigenvalue weighted by Crippen LogP contribution is 2.14. The van der Waals surface area contributed by atoms with Gasteiger partial charge in [0.05, 0.1) is 6.20 Å². The molecule has 0 N–H and O–H groups in total. The molecule has 0 radical (unpaired) electrons. The van der Waals surface area contributed by atoms with Gasteiger partial charge in [0, 0.05) is 18.5 Å². The molecule has 112 valence electrons. The second-order valence-electron chi connectivity index (χ2n) is 4.58. The maximum absolute atomic E-state index is 13.7. The molecule has 6 nitrogen and oxygen atoms in total. The maximum atomic E-state index is 13.7. The third-order valence-corrected chi connectivity index (χ3v) is 2.80. The molecule has 0 atom stereocenters. The SMILES string of the molecule is Cc1cnc(OCc2cn(-c3ccc(F)cc3F)nn2)nc1. The molecule has 0 saturated carbocycles. The van der Waals surface area contributed by atoms with Crippen LogP contribution in [0.3, 0.4) is 0 Å². The molecule has 0 aliphatic carbocycles. The van der Waals surface area contributed by atoms with E-state index >= 15 is 0 Å². The lowest BCUT2D eigenvalue weighted by atomic mass is 10.3. The van der Waals surface area contributed by atoms with Crippen LogP contribution in [0.5, 0.6) is 6.01 Å². The first-order chi connectivity index (χ1) is 10.6. The van der Waals surface area contributed by atoms with Gasteiger partial charge >= 0.3 is 6.01 Å². The summed E-state index contributed by atoms with van der Waals surface area (Å²) in [6.45, 7) is 1.96. The van der Waals surface area contributed by atoms with Gasteiger partial charge in [0.25, 0.3) is 0 Å². The standard InChI is InChI=1S/C14H11F2N5O/c1-9-5-17-14(18-6-9)22-8-11-7-21(20-19-11)13-3-2-10(15)4-12(13)16/h2-7H,8H2,1H3. The van der Waals surface area contributed by atoms with Gasteiger partial charge in [-0.15, -0.1) is 5.10 Å². The highest BCUT2D eigenvalue weighted by Gasteiger charge is 2.09. The fourth-order valence-corrected chi connectivity index (χ4v) is 1.74. The van der Waals surface area contributed by atoms with Gasteiger partial charge in [-0.05, 0) is 24.6 Å². The average molecular weight is 303 g/mol. The molecule has 3 rings (SSSR count). The molecular weight excluding hydrogens is 292 g/mol. The second-order valence-corrected chi connectivity index (χ2v) is 4.58. The summed E-state index contributed by atoms with van der Waals surface area (Å²) in [4.78, 5) is 7.98. The van der Waals surface area contributed by atoms with Gasteiger partial charge in [-0.25, -0.2) is 23.4 Å².